The van der Waals surface area contributed by atoms with Crippen LogP contribution < -0.4 is 10.2 Å². The Hall–Kier alpha value is -1.75. The summed E-state index contributed by atoms with van der Waals surface area (Å²) < 4.78 is 4.58. The highest BCUT2D eigenvalue weighted by molar-refractivity contribution is 5.92. The number of ether oxygens (including phenoxy) is 1. The number of hydrogen-bond donors (Lipinski definition) is 2. The molecule has 1 aliphatic heterocycles. The molecule has 5 nitrogen and oxygen atoms in total. The lowest BCUT2D eigenvalue weighted by Crippen LogP contribution is -2.43. The number of nitrogens with one attached hydrogen (secondary N) is 1. The minimum atomic E-state index is -0.519. The van der Waals surface area contributed by atoms with Crippen LogP contribution in [0.15, 0.2) is 18.2 Å². The van der Waals surface area contributed by atoms with Crippen LogP contribution in [0, 0.1) is 0 Å². The van der Waals surface area contributed by atoms with E-state index in [1.54, 1.807) is 12.1 Å². The maximum absolute atomic E-state index is 11.3. The van der Waals surface area contributed by atoms with Crippen molar-refractivity contribution >= 4 is 11.7 Å². The van der Waals surface area contributed by atoms with Gasteiger partial charge in [-0.3, -0.25) is 0 Å². The van der Waals surface area contributed by atoms with E-state index in [1.807, 2.05) is 6.07 Å². The third-order valence-corrected chi connectivity index (χ3v) is 2.87. The molecule has 0 amide bonds. The van der Waals surface area contributed by atoms with Gasteiger partial charge in [0.1, 0.15) is 11.3 Å². The molecule has 1 aromatic carbocycles. The summed E-state index contributed by atoms with van der Waals surface area (Å²) in [5.74, 6) is -0.553. The van der Waals surface area contributed by atoms with Gasteiger partial charge in [0.15, 0.2) is 0 Å². The van der Waals surface area contributed by atoms with Crippen molar-refractivity contribution in [3.05, 3.63) is 23.8 Å². The van der Waals surface area contributed by atoms with Crippen LogP contribution in [0.5, 0.6) is 5.75 Å². The van der Waals surface area contributed by atoms with Crippen molar-refractivity contribution in [2.24, 2.45) is 0 Å². The average molecular weight is 236 g/mol. The number of nitrogens with zero attached hydrogens (tertiary/aromatic N) is 1. The quantitative estimate of drug-likeness (QED) is 0.736. The number of aromatic hydroxyl groups is 1. The molecular weight excluding hydrogens is 220 g/mol. The van der Waals surface area contributed by atoms with Gasteiger partial charge in [0.05, 0.1) is 7.11 Å². The van der Waals surface area contributed by atoms with E-state index in [2.05, 4.69) is 15.0 Å². The molecule has 1 fully saturated rings. The van der Waals surface area contributed by atoms with Crippen molar-refractivity contribution < 1.29 is 14.6 Å². The Bertz CT molecular complexity index is 414. The maximum atomic E-state index is 11.3. The van der Waals surface area contributed by atoms with Crippen LogP contribution in [0.25, 0.3) is 0 Å². The summed E-state index contributed by atoms with van der Waals surface area (Å²) in [6.45, 7) is 3.66. The van der Waals surface area contributed by atoms with Gasteiger partial charge < -0.3 is 20.1 Å². The molecule has 1 aromatic rings. The Balaban J connectivity index is 2.20. The first-order valence-electron chi connectivity index (χ1n) is 5.59. The molecule has 0 aromatic heterocycles. The Labute approximate surface area is 100.0 Å². The van der Waals surface area contributed by atoms with Crippen molar-refractivity contribution in [3.8, 4) is 5.75 Å². The van der Waals surface area contributed by atoms with E-state index >= 15 is 0 Å². The van der Waals surface area contributed by atoms with Crippen molar-refractivity contribution in [1.29, 1.82) is 0 Å². The SMILES string of the molecule is COC(=O)c1ccc(N2CCNCC2)cc1O. The Morgan fingerprint density at radius 1 is 1.41 bits per heavy atom. The zero-order valence-corrected chi connectivity index (χ0v) is 9.77. The van der Waals surface area contributed by atoms with Crippen LogP contribution in [-0.2, 0) is 4.74 Å². The van der Waals surface area contributed by atoms with E-state index in [1.165, 1.54) is 7.11 Å². The second kappa shape index (κ2) is 5.05. The highest BCUT2D eigenvalue weighted by Crippen LogP contribution is 2.25. The van der Waals surface area contributed by atoms with Crippen LogP contribution in [0.3, 0.4) is 0 Å². The predicted octanol–water partition coefficient (Wildman–Crippen LogP) is 0.588. The fourth-order valence-electron chi connectivity index (χ4n) is 1.92. The summed E-state index contributed by atoms with van der Waals surface area (Å²) in [4.78, 5) is 13.5. The van der Waals surface area contributed by atoms with Gasteiger partial charge in [-0.2, -0.15) is 0 Å². The lowest BCUT2D eigenvalue weighted by Gasteiger charge is -2.29. The van der Waals surface area contributed by atoms with Crippen molar-refractivity contribution in [2.45, 2.75) is 0 Å². The Kier molecular flexibility index (Phi) is 3.49. The summed E-state index contributed by atoms with van der Waals surface area (Å²) in [5, 5.41) is 13.0. The van der Waals surface area contributed by atoms with E-state index in [-0.39, 0.29) is 11.3 Å². The van der Waals surface area contributed by atoms with Gasteiger partial charge in [-0.15, -0.1) is 0 Å². The number of carbonyl (C=O) groups excluding carboxylic acids is 1. The fraction of sp³-hybridized carbons (Fsp3) is 0.417. The Morgan fingerprint density at radius 2 is 2.12 bits per heavy atom. The maximum Gasteiger partial charge on any atom is 0.341 e. The highest BCUT2D eigenvalue weighted by Gasteiger charge is 2.15. The molecule has 0 atom stereocenters. The van der Waals surface area contributed by atoms with Gasteiger partial charge in [-0.1, -0.05) is 0 Å². The standard InChI is InChI=1S/C12H16N2O3/c1-17-12(16)10-3-2-9(8-11(10)15)14-6-4-13-5-7-14/h2-3,8,13,15H,4-7H2,1H3. The normalized spacial score (nSPS) is 15.7. The summed E-state index contributed by atoms with van der Waals surface area (Å²) in [6, 6.07) is 5.04. The zero-order chi connectivity index (χ0) is 12.3. The molecule has 0 bridgehead atoms. The number of rotatable bonds is 2. The Morgan fingerprint density at radius 3 is 2.71 bits per heavy atom. The molecule has 1 aliphatic rings. The molecule has 5 heteroatoms. The predicted molar refractivity (Wildman–Crippen MR) is 64.5 cm³/mol. The summed E-state index contributed by atoms with van der Waals surface area (Å²) in [7, 11) is 1.30. The van der Waals surface area contributed by atoms with E-state index in [0.29, 0.717) is 0 Å². The minimum absolute atomic E-state index is 0.0344. The molecule has 0 unspecified atom stereocenters. The molecule has 17 heavy (non-hydrogen) atoms. The van der Waals surface area contributed by atoms with Crippen LogP contribution in [0.2, 0.25) is 0 Å². The number of anilines is 1. The lowest BCUT2D eigenvalue weighted by atomic mass is 10.1. The van der Waals surface area contributed by atoms with E-state index < -0.39 is 5.97 Å². The number of hydrogen-bond acceptors (Lipinski definition) is 5. The summed E-state index contributed by atoms with van der Waals surface area (Å²) >= 11 is 0. The number of benzene rings is 1. The fourth-order valence-corrected chi connectivity index (χ4v) is 1.92. The zero-order valence-electron chi connectivity index (χ0n) is 9.77. The first kappa shape index (κ1) is 11.7. The van der Waals surface area contributed by atoms with E-state index in [9.17, 15) is 9.90 Å². The van der Waals surface area contributed by atoms with Gasteiger partial charge in [0, 0.05) is 37.9 Å². The van der Waals surface area contributed by atoms with Gasteiger partial charge in [-0.05, 0) is 12.1 Å². The molecule has 0 saturated carbocycles. The molecule has 1 saturated heterocycles. The van der Waals surface area contributed by atoms with Crippen molar-refractivity contribution in [3.63, 3.8) is 0 Å². The molecule has 92 valence electrons. The minimum Gasteiger partial charge on any atom is -0.507 e. The van der Waals surface area contributed by atoms with Gasteiger partial charge in [-0.25, -0.2) is 4.79 Å². The molecule has 0 spiro atoms. The topological polar surface area (TPSA) is 61.8 Å². The number of phenolic OH excluding ortho intramolecular Hbond substituents is 1. The van der Waals surface area contributed by atoms with Crippen molar-refractivity contribution in [1.82, 2.24) is 5.32 Å². The number of methoxy groups -OCH3 is 1. The van der Waals surface area contributed by atoms with Crippen LogP contribution >= 0.6 is 0 Å². The molecule has 0 radical (unpaired) electrons. The third kappa shape index (κ3) is 2.50. The summed E-state index contributed by atoms with van der Waals surface area (Å²) in [6.07, 6.45) is 0. The average Bonchev–Trinajstić information content (AvgIpc) is 2.39. The van der Waals surface area contributed by atoms with Gasteiger partial charge >= 0.3 is 5.97 Å². The first-order valence-corrected chi connectivity index (χ1v) is 5.59. The number of piperazine rings is 1. The van der Waals surface area contributed by atoms with Crippen LogP contribution in [0.1, 0.15) is 10.4 Å². The van der Waals surface area contributed by atoms with Crippen LogP contribution in [-0.4, -0.2) is 44.4 Å². The number of phenols is 1. The van der Waals surface area contributed by atoms with Gasteiger partial charge in [0.2, 0.25) is 0 Å². The van der Waals surface area contributed by atoms with Gasteiger partial charge in [0.25, 0.3) is 0 Å². The molecule has 0 aliphatic carbocycles. The monoisotopic (exact) mass is 236 g/mol. The molecule has 1 heterocycles. The largest absolute Gasteiger partial charge is 0.507 e. The molecular formula is C12H16N2O3. The van der Waals surface area contributed by atoms with Crippen LogP contribution in [0.4, 0.5) is 5.69 Å². The lowest BCUT2D eigenvalue weighted by molar-refractivity contribution is 0.0597. The van der Waals surface area contributed by atoms with E-state index in [0.717, 1.165) is 31.9 Å². The first-order chi connectivity index (χ1) is 8.22. The second-order valence-electron chi connectivity index (χ2n) is 3.93. The highest BCUT2D eigenvalue weighted by atomic mass is 16.5. The van der Waals surface area contributed by atoms with Crippen molar-refractivity contribution in [2.75, 3.05) is 38.2 Å². The summed E-state index contributed by atoms with van der Waals surface area (Å²) in [5.41, 5.74) is 1.13. The third-order valence-electron chi connectivity index (χ3n) is 2.87. The second-order valence-corrected chi connectivity index (χ2v) is 3.93. The molecule has 2 rings (SSSR count). The van der Waals surface area contributed by atoms with E-state index in [4.69, 9.17) is 0 Å². The number of esters is 1. The smallest absolute Gasteiger partial charge is 0.341 e. The number of carbonyl (C=O) groups is 1. The molecule has 2 N–H and O–H groups in total.